The summed E-state index contributed by atoms with van der Waals surface area (Å²) in [6, 6.07) is 6.91. The van der Waals surface area contributed by atoms with Crippen molar-refractivity contribution in [2.75, 3.05) is 44.2 Å². The second-order valence-corrected chi connectivity index (χ2v) is 9.28. The molecule has 0 bridgehead atoms. The molecule has 2 aliphatic heterocycles. The summed E-state index contributed by atoms with van der Waals surface area (Å²) >= 11 is 0. The van der Waals surface area contributed by atoms with E-state index < -0.39 is 0 Å². The maximum atomic E-state index is 12.5. The lowest BCUT2D eigenvalue weighted by atomic mass is 9.76. The van der Waals surface area contributed by atoms with Crippen LogP contribution in [0.3, 0.4) is 0 Å². The Morgan fingerprint density at radius 1 is 0.906 bits per heavy atom. The van der Waals surface area contributed by atoms with Crippen molar-refractivity contribution in [3.8, 4) is 0 Å². The lowest BCUT2D eigenvalue weighted by Crippen LogP contribution is -2.48. The zero-order valence-corrected chi connectivity index (χ0v) is 19.4. The minimum Gasteiger partial charge on any atom is -0.363 e. The fourth-order valence-corrected chi connectivity index (χ4v) is 5.47. The van der Waals surface area contributed by atoms with Gasteiger partial charge in [0, 0.05) is 51.6 Å². The molecule has 4 rings (SSSR count). The van der Waals surface area contributed by atoms with Gasteiger partial charge in [-0.15, -0.1) is 12.4 Å². The van der Waals surface area contributed by atoms with Gasteiger partial charge in [-0.1, -0.05) is 25.0 Å². The van der Waals surface area contributed by atoms with E-state index in [1.54, 1.807) is 12.1 Å². The van der Waals surface area contributed by atoms with Crippen LogP contribution >= 0.6 is 12.4 Å². The number of nitro benzene ring substituents is 1. The molecule has 2 saturated heterocycles. The first kappa shape index (κ1) is 24.5. The predicted molar refractivity (Wildman–Crippen MR) is 125 cm³/mol. The molecule has 3 aliphatic rings. The number of imide groups is 1. The molecule has 0 aromatic heterocycles. The van der Waals surface area contributed by atoms with E-state index in [0.29, 0.717) is 25.1 Å². The summed E-state index contributed by atoms with van der Waals surface area (Å²) in [5.74, 6) is 0.0486. The van der Waals surface area contributed by atoms with Crippen molar-refractivity contribution >= 4 is 35.6 Å². The molecule has 8 nitrogen and oxygen atoms in total. The Kier molecular flexibility index (Phi) is 8.11. The van der Waals surface area contributed by atoms with E-state index in [9.17, 15) is 19.7 Å². The van der Waals surface area contributed by atoms with Crippen molar-refractivity contribution < 1.29 is 14.5 Å². The molecule has 0 N–H and O–H groups in total. The van der Waals surface area contributed by atoms with E-state index in [2.05, 4.69) is 9.80 Å². The van der Waals surface area contributed by atoms with Crippen molar-refractivity contribution in [2.24, 2.45) is 5.41 Å². The lowest BCUT2D eigenvalue weighted by Gasteiger charge is -2.37. The highest BCUT2D eigenvalue weighted by molar-refractivity contribution is 5.98. The van der Waals surface area contributed by atoms with Crippen molar-refractivity contribution in [3.63, 3.8) is 0 Å². The van der Waals surface area contributed by atoms with Crippen LogP contribution < -0.4 is 4.90 Å². The van der Waals surface area contributed by atoms with E-state index in [4.69, 9.17) is 0 Å². The Morgan fingerprint density at radius 2 is 1.50 bits per heavy atom. The minimum absolute atomic E-state index is 0. The molecular formula is C23H33ClN4O4. The summed E-state index contributed by atoms with van der Waals surface area (Å²) in [6.07, 6.45) is 7.20. The summed E-state index contributed by atoms with van der Waals surface area (Å²) < 4.78 is 0. The van der Waals surface area contributed by atoms with Gasteiger partial charge < -0.3 is 4.90 Å². The van der Waals surface area contributed by atoms with Gasteiger partial charge in [-0.25, -0.2) is 0 Å². The van der Waals surface area contributed by atoms with Gasteiger partial charge in [0.05, 0.1) is 4.92 Å². The highest BCUT2D eigenvalue weighted by atomic mass is 35.5. The largest absolute Gasteiger partial charge is 0.363 e. The highest BCUT2D eigenvalue weighted by Crippen LogP contribution is 2.46. The third-order valence-corrected chi connectivity index (χ3v) is 7.22. The number of carbonyl (C=O) groups excluding carboxylic acids is 2. The highest BCUT2D eigenvalue weighted by Gasteiger charge is 2.44. The first-order valence-corrected chi connectivity index (χ1v) is 11.5. The number of piperazine rings is 1. The molecule has 1 aromatic carbocycles. The first-order chi connectivity index (χ1) is 15.0. The van der Waals surface area contributed by atoms with Crippen LogP contribution in [0.4, 0.5) is 11.4 Å². The summed E-state index contributed by atoms with van der Waals surface area (Å²) in [5.41, 5.74) is 0.818. The zero-order valence-electron chi connectivity index (χ0n) is 18.5. The number of carbonyl (C=O) groups is 2. The van der Waals surface area contributed by atoms with Crippen LogP contribution in [0.15, 0.2) is 24.3 Å². The number of halogens is 1. The fourth-order valence-electron chi connectivity index (χ4n) is 5.47. The molecule has 2 heterocycles. The smallest absolute Gasteiger partial charge is 0.292 e. The summed E-state index contributed by atoms with van der Waals surface area (Å²) in [5, 5.41) is 11.3. The summed E-state index contributed by atoms with van der Waals surface area (Å²) in [4.78, 5) is 42.0. The van der Waals surface area contributed by atoms with Gasteiger partial charge >= 0.3 is 0 Å². The molecule has 32 heavy (non-hydrogen) atoms. The maximum Gasteiger partial charge on any atom is 0.292 e. The Labute approximate surface area is 195 Å². The third kappa shape index (κ3) is 5.41. The van der Waals surface area contributed by atoms with Crippen molar-refractivity contribution in [1.29, 1.82) is 0 Å². The Balaban J connectivity index is 0.00000289. The van der Waals surface area contributed by atoms with Crippen LogP contribution in [0.25, 0.3) is 0 Å². The average Bonchev–Trinajstić information content (AvgIpc) is 3.20. The second kappa shape index (κ2) is 10.6. The number of nitro groups is 1. The maximum absolute atomic E-state index is 12.5. The number of para-hydroxylation sites is 2. The van der Waals surface area contributed by atoms with Gasteiger partial charge in [0.2, 0.25) is 11.8 Å². The number of piperidine rings is 1. The van der Waals surface area contributed by atoms with Gasteiger partial charge in [-0.2, -0.15) is 0 Å². The van der Waals surface area contributed by atoms with Crippen LogP contribution in [0.2, 0.25) is 0 Å². The monoisotopic (exact) mass is 464 g/mol. The number of unbranched alkanes of at least 4 members (excludes halogenated alkanes) is 1. The van der Waals surface area contributed by atoms with Gasteiger partial charge in [-0.05, 0) is 43.7 Å². The number of amides is 2. The number of hydrogen-bond donors (Lipinski definition) is 0. The molecule has 3 fully saturated rings. The Morgan fingerprint density at radius 3 is 2.12 bits per heavy atom. The van der Waals surface area contributed by atoms with Gasteiger partial charge in [0.1, 0.15) is 5.69 Å². The van der Waals surface area contributed by atoms with E-state index in [-0.39, 0.29) is 40.2 Å². The quantitative estimate of drug-likeness (QED) is 0.265. The molecule has 1 saturated carbocycles. The van der Waals surface area contributed by atoms with E-state index in [1.165, 1.54) is 4.90 Å². The number of benzene rings is 1. The standard InChI is InChI=1S/C23H32N4O4.ClH/c28-21-17-23(9-3-4-10-23)18-22(29)26(21)12-6-5-11-24-13-15-25(16-14-24)19-7-1-2-8-20(19)27(30)31;/h1-2,7-8H,3-6,9-18H2;1H. The predicted octanol–water partition coefficient (Wildman–Crippen LogP) is 3.63. The van der Waals surface area contributed by atoms with Crippen molar-refractivity contribution in [2.45, 2.75) is 51.4 Å². The Hall–Kier alpha value is -2.19. The summed E-state index contributed by atoms with van der Waals surface area (Å²) in [7, 11) is 0. The molecule has 1 aliphatic carbocycles. The normalized spacial score (nSPS) is 21.1. The molecule has 1 spiro atoms. The van der Waals surface area contributed by atoms with E-state index in [0.717, 1.165) is 71.2 Å². The second-order valence-electron chi connectivity index (χ2n) is 9.28. The minimum atomic E-state index is -0.320. The van der Waals surface area contributed by atoms with Crippen LogP contribution in [0.1, 0.15) is 51.4 Å². The molecule has 0 radical (unpaired) electrons. The summed E-state index contributed by atoms with van der Waals surface area (Å²) in [6.45, 7) is 4.69. The van der Waals surface area contributed by atoms with E-state index >= 15 is 0 Å². The number of nitrogens with zero attached hydrogens (tertiary/aromatic N) is 4. The fraction of sp³-hybridized carbons (Fsp3) is 0.652. The molecule has 176 valence electrons. The topological polar surface area (TPSA) is 87.0 Å². The van der Waals surface area contributed by atoms with Gasteiger partial charge in [0.15, 0.2) is 0 Å². The lowest BCUT2D eigenvalue weighted by molar-refractivity contribution is -0.384. The number of hydrogen-bond acceptors (Lipinski definition) is 6. The number of likely N-dealkylation sites (tertiary alicyclic amines) is 1. The van der Waals surface area contributed by atoms with Crippen LogP contribution in [-0.2, 0) is 9.59 Å². The molecule has 1 aromatic rings. The molecule has 0 unspecified atom stereocenters. The molecule has 0 atom stereocenters. The SMILES string of the molecule is Cl.O=C1CC2(CCCC2)CC(=O)N1CCCCN1CCN(c2ccccc2[N+](=O)[O-])CC1. The third-order valence-electron chi connectivity index (χ3n) is 7.22. The average molecular weight is 465 g/mol. The number of rotatable bonds is 7. The molecule has 2 amide bonds. The van der Waals surface area contributed by atoms with Gasteiger partial charge in [-0.3, -0.25) is 29.5 Å². The van der Waals surface area contributed by atoms with Gasteiger partial charge in [0.25, 0.3) is 5.69 Å². The molecule has 9 heteroatoms. The number of anilines is 1. The first-order valence-electron chi connectivity index (χ1n) is 11.5. The van der Waals surface area contributed by atoms with Crippen LogP contribution in [0, 0.1) is 15.5 Å². The van der Waals surface area contributed by atoms with Crippen LogP contribution in [-0.4, -0.2) is 65.8 Å². The molecular weight excluding hydrogens is 432 g/mol. The Bertz CT molecular complexity index is 815. The van der Waals surface area contributed by atoms with Crippen LogP contribution in [0.5, 0.6) is 0 Å². The van der Waals surface area contributed by atoms with E-state index in [1.807, 2.05) is 12.1 Å². The van der Waals surface area contributed by atoms with Crippen molar-refractivity contribution in [1.82, 2.24) is 9.80 Å². The van der Waals surface area contributed by atoms with Crippen molar-refractivity contribution in [3.05, 3.63) is 34.4 Å². The zero-order chi connectivity index (χ0) is 21.8.